The van der Waals surface area contributed by atoms with Crippen molar-refractivity contribution in [2.45, 2.75) is 0 Å². The van der Waals surface area contributed by atoms with E-state index < -0.39 is 0 Å². The number of piperazine rings is 1. The smallest absolute Gasteiger partial charge is 0.280 e. The third kappa shape index (κ3) is 4.12. The van der Waals surface area contributed by atoms with Crippen LogP contribution in [-0.4, -0.2) is 81.8 Å². The first-order valence-corrected chi connectivity index (χ1v) is 8.92. The number of aliphatic hydroxyl groups excluding tert-OH is 2. The summed E-state index contributed by atoms with van der Waals surface area (Å²) in [5.41, 5.74) is 0. The van der Waals surface area contributed by atoms with Gasteiger partial charge in [-0.3, -0.25) is 9.36 Å². The Balaban J connectivity index is 1.69. The maximum atomic E-state index is 12.2. The van der Waals surface area contributed by atoms with Crippen LogP contribution in [0.25, 0.3) is 5.82 Å². The van der Waals surface area contributed by atoms with Gasteiger partial charge in [0.2, 0.25) is 5.95 Å². The molecule has 0 spiro atoms. The number of thiazole rings is 1. The Morgan fingerprint density at radius 1 is 1.36 bits per heavy atom. The van der Waals surface area contributed by atoms with E-state index in [0.29, 0.717) is 16.8 Å². The monoisotopic (exact) mass is 367 g/mol. The lowest BCUT2D eigenvalue weighted by molar-refractivity contribution is 0.0921. The highest BCUT2D eigenvalue weighted by molar-refractivity contribution is 7.11. The summed E-state index contributed by atoms with van der Waals surface area (Å²) in [5.74, 6) is 0.592. The van der Waals surface area contributed by atoms with Gasteiger partial charge < -0.3 is 25.7 Å². The molecule has 11 heteroatoms. The Labute approximate surface area is 148 Å². The van der Waals surface area contributed by atoms with Crippen LogP contribution in [-0.2, 0) is 0 Å². The van der Waals surface area contributed by atoms with Crippen LogP contribution >= 0.6 is 11.3 Å². The van der Waals surface area contributed by atoms with Gasteiger partial charge in [-0.15, -0.1) is 21.5 Å². The van der Waals surface area contributed by atoms with E-state index in [4.69, 9.17) is 10.2 Å². The van der Waals surface area contributed by atoms with Gasteiger partial charge in [0.15, 0.2) is 10.8 Å². The van der Waals surface area contributed by atoms with Crippen LogP contribution in [0.3, 0.4) is 0 Å². The maximum Gasteiger partial charge on any atom is 0.280 e. The van der Waals surface area contributed by atoms with Crippen LogP contribution < -0.4 is 15.5 Å². The summed E-state index contributed by atoms with van der Waals surface area (Å²) in [5, 5.41) is 34.3. The molecule has 1 saturated heterocycles. The topological polar surface area (TPSA) is 128 Å². The average molecular weight is 367 g/mol. The molecule has 0 saturated carbocycles. The molecular weight excluding hydrogens is 346 g/mol. The second-order valence-electron chi connectivity index (χ2n) is 5.69. The van der Waals surface area contributed by atoms with Gasteiger partial charge in [-0.1, -0.05) is 0 Å². The van der Waals surface area contributed by atoms with Crippen molar-refractivity contribution in [2.75, 3.05) is 50.8 Å². The van der Waals surface area contributed by atoms with E-state index >= 15 is 0 Å². The fourth-order valence-electron chi connectivity index (χ4n) is 2.45. The van der Waals surface area contributed by atoms with Gasteiger partial charge >= 0.3 is 0 Å². The van der Waals surface area contributed by atoms with Crippen LogP contribution in [0.5, 0.6) is 0 Å². The lowest BCUT2D eigenvalue weighted by Gasteiger charge is -2.27. The van der Waals surface area contributed by atoms with Crippen molar-refractivity contribution in [1.29, 1.82) is 0 Å². The molecule has 2 aromatic heterocycles. The molecule has 1 fully saturated rings. The van der Waals surface area contributed by atoms with Crippen LogP contribution in [0.1, 0.15) is 9.80 Å². The highest BCUT2D eigenvalue weighted by atomic mass is 32.1. The summed E-state index contributed by atoms with van der Waals surface area (Å²) in [6.45, 7) is 3.26. The Kier molecular flexibility index (Phi) is 5.91. The first-order valence-electron chi connectivity index (χ1n) is 8.04. The fourth-order valence-corrected chi connectivity index (χ4v) is 3.16. The van der Waals surface area contributed by atoms with Crippen molar-refractivity contribution in [3.8, 4) is 5.82 Å². The van der Waals surface area contributed by atoms with Crippen molar-refractivity contribution in [3.05, 3.63) is 16.7 Å². The summed E-state index contributed by atoms with van der Waals surface area (Å²) in [7, 11) is 0. The predicted octanol–water partition coefficient (Wildman–Crippen LogP) is -1.54. The van der Waals surface area contributed by atoms with E-state index in [1.807, 2.05) is 0 Å². The van der Waals surface area contributed by atoms with Gasteiger partial charge in [0, 0.05) is 57.2 Å². The molecule has 2 aromatic rings. The van der Waals surface area contributed by atoms with E-state index in [1.165, 1.54) is 11.3 Å². The van der Waals surface area contributed by atoms with Gasteiger partial charge in [0.05, 0.1) is 0 Å². The molecule has 0 atom stereocenters. The average Bonchev–Trinajstić information content (AvgIpc) is 3.32. The minimum Gasteiger partial charge on any atom is -0.396 e. The summed E-state index contributed by atoms with van der Waals surface area (Å²) < 4.78 is 1.77. The standard InChI is InChI=1S/C14H21N7O3S/c22-6-10(7-23)5-16-12(24)13-18-11(8-25-13)21-9-17-19-14(21)20-3-1-15-2-4-20/h8-10,15,22-23H,1-7H2,(H,16,24). The van der Waals surface area contributed by atoms with Crippen LogP contribution in [0.4, 0.5) is 5.95 Å². The number of aliphatic hydroxyl groups is 2. The SMILES string of the molecule is O=C(NCC(CO)CO)c1nc(-n2cnnc2N2CCNCC2)cs1. The first-order chi connectivity index (χ1) is 12.2. The molecule has 1 aliphatic rings. The minimum atomic E-state index is -0.374. The van der Waals surface area contributed by atoms with E-state index in [9.17, 15) is 4.79 Å². The normalized spacial score (nSPS) is 14.9. The van der Waals surface area contributed by atoms with Gasteiger partial charge in [-0.25, -0.2) is 4.98 Å². The lowest BCUT2D eigenvalue weighted by atomic mass is 10.2. The molecule has 1 amide bonds. The Morgan fingerprint density at radius 2 is 2.12 bits per heavy atom. The number of carbonyl (C=O) groups excluding carboxylic acids is 1. The largest absolute Gasteiger partial charge is 0.396 e. The van der Waals surface area contributed by atoms with Crippen LogP contribution in [0.15, 0.2) is 11.7 Å². The molecule has 3 heterocycles. The molecular formula is C14H21N7O3S. The Hall–Kier alpha value is -2.08. The second kappa shape index (κ2) is 8.34. The number of nitrogens with one attached hydrogen (secondary N) is 2. The van der Waals surface area contributed by atoms with E-state index in [1.54, 1.807) is 16.3 Å². The second-order valence-corrected chi connectivity index (χ2v) is 6.55. The Bertz CT molecular complexity index is 694. The molecule has 136 valence electrons. The van der Waals surface area contributed by atoms with E-state index in [-0.39, 0.29) is 31.6 Å². The fraction of sp³-hybridized carbons (Fsp3) is 0.571. The number of anilines is 1. The molecule has 0 bridgehead atoms. The number of aromatic nitrogens is 4. The van der Waals surface area contributed by atoms with Crippen molar-refractivity contribution in [1.82, 2.24) is 30.4 Å². The third-order valence-corrected chi connectivity index (χ3v) is 4.76. The number of amides is 1. The van der Waals surface area contributed by atoms with Crippen molar-refractivity contribution < 1.29 is 15.0 Å². The molecule has 0 aromatic carbocycles. The van der Waals surface area contributed by atoms with Gasteiger partial charge in [-0.05, 0) is 0 Å². The quantitative estimate of drug-likeness (QED) is 0.464. The third-order valence-electron chi connectivity index (χ3n) is 3.93. The minimum absolute atomic E-state index is 0.186. The lowest BCUT2D eigenvalue weighted by Crippen LogP contribution is -2.44. The summed E-state index contributed by atoms with van der Waals surface area (Å²) in [6, 6.07) is 0. The van der Waals surface area contributed by atoms with E-state index in [2.05, 4.69) is 30.7 Å². The highest BCUT2D eigenvalue weighted by Gasteiger charge is 2.20. The van der Waals surface area contributed by atoms with Gasteiger partial charge in [-0.2, -0.15) is 0 Å². The molecule has 1 aliphatic heterocycles. The molecule has 0 aliphatic carbocycles. The molecule has 0 unspecified atom stereocenters. The molecule has 10 nitrogen and oxygen atoms in total. The summed E-state index contributed by atoms with van der Waals surface area (Å²) >= 11 is 1.22. The van der Waals surface area contributed by atoms with Gasteiger partial charge in [0.1, 0.15) is 6.33 Å². The van der Waals surface area contributed by atoms with Crippen molar-refractivity contribution >= 4 is 23.2 Å². The summed E-state index contributed by atoms with van der Waals surface area (Å²) in [4.78, 5) is 18.6. The van der Waals surface area contributed by atoms with Crippen LogP contribution in [0, 0.1) is 5.92 Å². The Morgan fingerprint density at radius 3 is 2.84 bits per heavy atom. The van der Waals surface area contributed by atoms with Gasteiger partial charge in [0.25, 0.3) is 5.91 Å². The number of nitrogens with zero attached hydrogens (tertiary/aromatic N) is 5. The van der Waals surface area contributed by atoms with E-state index in [0.717, 1.165) is 26.2 Å². The zero-order chi connectivity index (χ0) is 17.6. The molecule has 3 rings (SSSR count). The molecule has 25 heavy (non-hydrogen) atoms. The zero-order valence-corrected chi connectivity index (χ0v) is 14.4. The molecule has 4 N–H and O–H groups in total. The first kappa shape index (κ1) is 17.7. The predicted molar refractivity (Wildman–Crippen MR) is 92.1 cm³/mol. The highest BCUT2D eigenvalue weighted by Crippen LogP contribution is 2.19. The maximum absolute atomic E-state index is 12.2. The zero-order valence-electron chi connectivity index (χ0n) is 13.6. The number of hydrogen-bond donors (Lipinski definition) is 4. The summed E-state index contributed by atoms with van der Waals surface area (Å²) in [6.07, 6.45) is 1.58. The van der Waals surface area contributed by atoms with Crippen molar-refractivity contribution in [3.63, 3.8) is 0 Å². The van der Waals surface area contributed by atoms with Crippen molar-refractivity contribution in [2.24, 2.45) is 5.92 Å². The number of rotatable bonds is 7. The van der Waals surface area contributed by atoms with Crippen LogP contribution in [0.2, 0.25) is 0 Å². The number of hydrogen-bond acceptors (Lipinski definition) is 9. The molecule has 0 radical (unpaired) electrons. The number of carbonyl (C=O) groups is 1.